The third-order valence-electron chi connectivity index (χ3n) is 4.00. The van der Waals surface area contributed by atoms with Crippen LogP contribution >= 0.6 is 11.6 Å². The first-order valence-electron chi connectivity index (χ1n) is 8.10. The van der Waals surface area contributed by atoms with E-state index in [1.165, 1.54) is 23.4 Å². The quantitative estimate of drug-likeness (QED) is 0.698. The van der Waals surface area contributed by atoms with Gasteiger partial charge in [-0.3, -0.25) is 4.79 Å². The van der Waals surface area contributed by atoms with Gasteiger partial charge in [0.05, 0.1) is 35.8 Å². The van der Waals surface area contributed by atoms with Crippen LogP contribution in [-0.4, -0.2) is 55.0 Å². The van der Waals surface area contributed by atoms with Crippen LogP contribution in [0, 0.1) is 0 Å². The van der Waals surface area contributed by atoms with E-state index >= 15 is 0 Å². The number of aromatic nitrogens is 5. The minimum atomic E-state index is -0.171. The number of hydrogen-bond donors (Lipinski definition) is 0. The van der Waals surface area contributed by atoms with E-state index in [9.17, 15) is 4.79 Å². The molecule has 1 saturated heterocycles. The third-order valence-corrected chi connectivity index (χ3v) is 4.19. The zero-order valence-electron chi connectivity index (χ0n) is 13.7. The fraction of sp³-hybridized carbons (Fsp3) is 0.235. The normalized spacial score (nSPS) is 16.7. The highest BCUT2D eigenvalue weighted by Crippen LogP contribution is 2.17. The second kappa shape index (κ2) is 7.09. The highest BCUT2D eigenvalue weighted by atomic mass is 35.5. The van der Waals surface area contributed by atoms with E-state index in [1.807, 2.05) is 30.3 Å². The van der Waals surface area contributed by atoms with E-state index in [0.29, 0.717) is 30.2 Å². The summed E-state index contributed by atoms with van der Waals surface area (Å²) in [5.41, 5.74) is 1.10. The first-order chi connectivity index (χ1) is 12.7. The van der Waals surface area contributed by atoms with Crippen molar-refractivity contribution in [2.45, 2.75) is 12.5 Å². The highest BCUT2D eigenvalue weighted by Gasteiger charge is 2.30. The summed E-state index contributed by atoms with van der Waals surface area (Å²) in [6.07, 6.45) is 4.97. The molecular weight excluding hydrogens is 356 g/mol. The lowest BCUT2D eigenvalue weighted by Gasteiger charge is -2.15. The summed E-state index contributed by atoms with van der Waals surface area (Å²) in [6, 6.07) is 9.69. The minimum absolute atomic E-state index is 0.163. The van der Waals surface area contributed by atoms with Gasteiger partial charge in [0, 0.05) is 13.0 Å². The summed E-state index contributed by atoms with van der Waals surface area (Å²) >= 11 is 5.76. The molecule has 1 aliphatic heterocycles. The Kier molecular flexibility index (Phi) is 4.49. The minimum Gasteiger partial charge on any atom is -0.458 e. The number of halogens is 1. The average Bonchev–Trinajstić information content (AvgIpc) is 3.34. The number of nitrogens with zero attached hydrogens (tertiary/aromatic N) is 6. The van der Waals surface area contributed by atoms with Crippen molar-refractivity contribution in [1.29, 1.82) is 0 Å². The lowest BCUT2D eigenvalue weighted by atomic mass is 10.3. The maximum atomic E-state index is 12.6. The van der Waals surface area contributed by atoms with E-state index in [1.54, 1.807) is 4.90 Å². The van der Waals surface area contributed by atoms with Gasteiger partial charge in [0.2, 0.25) is 0 Å². The fourth-order valence-corrected chi connectivity index (χ4v) is 2.83. The van der Waals surface area contributed by atoms with Gasteiger partial charge in [0.25, 0.3) is 5.91 Å². The number of carbonyl (C=O) groups excluding carboxylic acids is 1. The van der Waals surface area contributed by atoms with Crippen LogP contribution in [0.3, 0.4) is 0 Å². The lowest BCUT2D eigenvalue weighted by Crippen LogP contribution is -2.31. The molecule has 0 unspecified atom stereocenters. The Balaban J connectivity index is 1.40. The van der Waals surface area contributed by atoms with Crippen molar-refractivity contribution >= 4 is 17.5 Å². The van der Waals surface area contributed by atoms with Crippen LogP contribution in [0.25, 0.3) is 5.69 Å². The lowest BCUT2D eigenvalue weighted by molar-refractivity contribution is 0.0763. The Bertz CT molecular complexity index is 899. The molecule has 0 saturated carbocycles. The molecule has 0 spiro atoms. The molecule has 0 N–H and O–H groups in total. The Morgan fingerprint density at radius 3 is 2.69 bits per heavy atom. The van der Waals surface area contributed by atoms with Crippen LogP contribution in [0.1, 0.15) is 16.9 Å². The second-order valence-electron chi connectivity index (χ2n) is 5.82. The predicted octanol–water partition coefficient (Wildman–Crippen LogP) is 2.00. The number of rotatable bonds is 4. The molecule has 8 nitrogen and oxygen atoms in total. The first-order valence-corrected chi connectivity index (χ1v) is 8.48. The van der Waals surface area contributed by atoms with Crippen molar-refractivity contribution in [3.63, 3.8) is 0 Å². The second-order valence-corrected chi connectivity index (χ2v) is 6.25. The number of hydrogen-bond acceptors (Lipinski definition) is 6. The summed E-state index contributed by atoms with van der Waals surface area (Å²) < 4.78 is 5.71. The molecule has 0 aliphatic carbocycles. The maximum absolute atomic E-state index is 12.6. The molecule has 1 amide bonds. The molecule has 4 rings (SSSR count). The number of amides is 1. The molecule has 1 atom stereocenters. The van der Waals surface area contributed by atoms with Gasteiger partial charge in [-0.05, 0) is 12.1 Å². The molecule has 1 aliphatic rings. The summed E-state index contributed by atoms with van der Waals surface area (Å²) in [7, 11) is 0. The summed E-state index contributed by atoms with van der Waals surface area (Å²) in [4.78, 5) is 23.8. The molecule has 2 aromatic heterocycles. The SMILES string of the molecule is O=C(c1cnn(-c2ccccc2)n1)N1CC[C@@H](Oc2ncc(Cl)cn2)C1. The van der Waals surface area contributed by atoms with Gasteiger partial charge in [-0.1, -0.05) is 29.8 Å². The number of para-hydroxylation sites is 1. The number of ether oxygens (including phenoxy) is 1. The molecule has 1 aromatic carbocycles. The molecule has 3 heterocycles. The smallest absolute Gasteiger partial charge is 0.316 e. The Labute approximate surface area is 154 Å². The molecule has 132 valence electrons. The van der Waals surface area contributed by atoms with Crippen LogP contribution in [-0.2, 0) is 0 Å². The molecule has 1 fully saturated rings. The number of carbonyl (C=O) groups is 1. The standard InChI is InChI=1S/C17H15ClN6O2/c18-12-8-19-17(20-9-12)26-14-6-7-23(11-14)16(25)15-10-21-24(22-15)13-4-2-1-3-5-13/h1-5,8-10,14H,6-7,11H2/t14-/m1/s1. The van der Waals surface area contributed by atoms with Crippen LogP contribution in [0.15, 0.2) is 48.9 Å². The van der Waals surface area contributed by atoms with Crippen molar-refractivity contribution in [1.82, 2.24) is 29.9 Å². The molecule has 3 aromatic rings. The van der Waals surface area contributed by atoms with Crippen LogP contribution in [0.5, 0.6) is 6.01 Å². The monoisotopic (exact) mass is 370 g/mol. The van der Waals surface area contributed by atoms with E-state index in [0.717, 1.165) is 5.69 Å². The largest absolute Gasteiger partial charge is 0.458 e. The Morgan fingerprint density at radius 2 is 1.92 bits per heavy atom. The van der Waals surface area contributed by atoms with Gasteiger partial charge in [0.15, 0.2) is 5.69 Å². The molecule has 9 heteroatoms. The van der Waals surface area contributed by atoms with E-state index in [4.69, 9.17) is 16.3 Å². The van der Waals surface area contributed by atoms with E-state index < -0.39 is 0 Å². The van der Waals surface area contributed by atoms with E-state index in [2.05, 4.69) is 20.2 Å². The zero-order valence-corrected chi connectivity index (χ0v) is 14.5. The van der Waals surface area contributed by atoms with Gasteiger partial charge in [0.1, 0.15) is 6.10 Å². The van der Waals surface area contributed by atoms with Crippen molar-refractivity contribution in [2.75, 3.05) is 13.1 Å². The number of benzene rings is 1. The molecular formula is C17H15ClN6O2. The fourth-order valence-electron chi connectivity index (χ4n) is 2.73. The first kappa shape index (κ1) is 16.5. The summed E-state index contributed by atoms with van der Waals surface area (Å²) in [5, 5.41) is 8.89. The Hall–Kier alpha value is -3.00. The van der Waals surface area contributed by atoms with Crippen molar-refractivity contribution in [2.24, 2.45) is 0 Å². The predicted molar refractivity (Wildman–Crippen MR) is 93.3 cm³/mol. The molecule has 0 bridgehead atoms. The van der Waals surface area contributed by atoms with Crippen molar-refractivity contribution < 1.29 is 9.53 Å². The van der Waals surface area contributed by atoms with Crippen molar-refractivity contribution in [3.8, 4) is 11.7 Å². The van der Waals surface area contributed by atoms with Gasteiger partial charge in [-0.25, -0.2) is 9.97 Å². The van der Waals surface area contributed by atoms with E-state index in [-0.39, 0.29) is 18.0 Å². The summed E-state index contributed by atoms with van der Waals surface area (Å²) in [6.45, 7) is 1.03. The molecule has 0 radical (unpaired) electrons. The zero-order chi connectivity index (χ0) is 17.9. The molecule has 26 heavy (non-hydrogen) atoms. The van der Waals surface area contributed by atoms with Crippen LogP contribution in [0.4, 0.5) is 0 Å². The third kappa shape index (κ3) is 3.50. The van der Waals surface area contributed by atoms with Gasteiger partial charge < -0.3 is 9.64 Å². The van der Waals surface area contributed by atoms with Crippen LogP contribution in [0.2, 0.25) is 5.02 Å². The summed E-state index contributed by atoms with van der Waals surface area (Å²) in [5.74, 6) is -0.171. The van der Waals surface area contributed by atoms with Gasteiger partial charge in [-0.2, -0.15) is 9.90 Å². The average molecular weight is 371 g/mol. The van der Waals surface area contributed by atoms with Gasteiger partial charge in [-0.15, -0.1) is 5.10 Å². The van der Waals surface area contributed by atoms with Crippen LogP contribution < -0.4 is 4.74 Å². The number of likely N-dealkylation sites (tertiary alicyclic amines) is 1. The maximum Gasteiger partial charge on any atom is 0.316 e. The van der Waals surface area contributed by atoms with Gasteiger partial charge >= 0.3 is 6.01 Å². The van der Waals surface area contributed by atoms with Crippen molar-refractivity contribution in [3.05, 3.63) is 59.6 Å². The topological polar surface area (TPSA) is 86.0 Å². The Morgan fingerprint density at radius 1 is 1.15 bits per heavy atom. The highest BCUT2D eigenvalue weighted by molar-refractivity contribution is 6.30.